The summed E-state index contributed by atoms with van der Waals surface area (Å²) in [5, 5.41) is 11.4. The number of hydrogen-bond donors (Lipinski definition) is 1. The van der Waals surface area contributed by atoms with Crippen LogP contribution in [0.15, 0.2) is 54.6 Å². The third-order valence-electron chi connectivity index (χ3n) is 7.81. The number of rotatable bonds is 7. The molecule has 7 nitrogen and oxygen atoms in total. The molecule has 2 aliphatic rings. The van der Waals surface area contributed by atoms with Crippen molar-refractivity contribution < 1.29 is 24.1 Å². The predicted molar refractivity (Wildman–Crippen MR) is 148 cm³/mol. The van der Waals surface area contributed by atoms with Crippen LogP contribution >= 0.6 is 0 Å². The lowest BCUT2D eigenvalue weighted by Crippen LogP contribution is -2.39. The Bertz CT molecular complexity index is 1460. The third-order valence-corrected chi connectivity index (χ3v) is 7.81. The normalized spacial score (nSPS) is 16.2. The lowest BCUT2D eigenvalue weighted by molar-refractivity contribution is 0.145. The fourth-order valence-electron chi connectivity index (χ4n) is 5.92. The summed E-state index contributed by atoms with van der Waals surface area (Å²) in [6.45, 7) is 2.14. The summed E-state index contributed by atoms with van der Waals surface area (Å²) in [7, 11) is 5.05. The number of aliphatic hydroxyl groups is 1. The molecular weight excluding hydrogens is 480 g/mol. The van der Waals surface area contributed by atoms with Crippen LogP contribution in [0.1, 0.15) is 41.4 Å². The number of ether oxygens (including phenoxy) is 4. The SMILES string of the molecule is C.COc1cccc(COc2cc3c(cc2OC)CCN2Cc4c(c5cc(OC)ccc5n4CO)CC32)c1. The molecule has 0 aliphatic carbocycles. The lowest BCUT2D eigenvalue weighted by atomic mass is 9.85. The summed E-state index contributed by atoms with van der Waals surface area (Å²) in [6.07, 6.45) is 1.81. The van der Waals surface area contributed by atoms with E-state index in [-0.39, 0.29) is 20.2 Å². The van der Waals surface area contributed by atoms with E-state index < -0.39 is 0 Å². The van der Waals surface area contributed by atoms with Gasteiger partial charge < -0.3 is 28.6 Å². The molecule has 1 aromatic heterocycles. The average Bonchev–Trinajstić information content (AvgIpc) is 3.26. The zero-order valence-corrected chi connectivity index (χ0v) is 21.5. The van der Waals surface area contributed by atoms with E-state index in [9.17, 15) is 5.11 Å². The molecule has 4 aromatic rings. The lowest BCUT2D eigenvalue weighted by Gasteiger charge is -2.41. The smallest absolute Gasteiger partial charge is 0.162 e. The Labute approximate surface area is 224 Å². The predicted octanol–water partition coefficient (Wildman–Crippen LogP) is 5.49. The second kappa shape index (κ2) is 10.6. The molecule has 6 rings (SSSR count). The molecule has 1 N–H and O–H groups in total. The van der Waals surface area contributed by atoms with E-state index >= 15 is 0 Å². The monoisotopic (exact) mass is 516 g/mol. The van der Waals surface area contributed by atoms with E-state index in [2.05, 4.69) is 23.1 Å². The molecule has 0 saturated heterocycles. The van der Waals surface area contributed by atoms with Crippen LogP contribution in [-0.2, 0) is 32.7 Å². The van der Waals surface area contributed by atoms with Gasteiger partial charge in [0.05, 0.1) is 26.8 Å². The maximum Gasteiger partial charge on any atom is 0.162 e. The Balaban J connectivity index is 0.00000294. The summed E-state index contributed by atoms with van der Waals surface area (Å²) in [5.74, 6) is 3.14. The van der Waals surface area contributed by atoms with Gasteiger partial charge in [-0.1, -0.05) is 19.6 Å². The van der Waals surface area contributed by atoms with Crippen molar-refractivity contribution in [2.75, 3.05) is 27.9 Å². The minimum Gasteiger partial charge on any atom is -0.497 e. The molecule has 0 radical (unpaired) electrons. The molecule has 0 bridgehead atoms. The molecule has 2 aliphatic heterocycles. The number of benzene rings is 3. The van der Waals surface area contributed by atoms with Gasteiger partial charge in [0.1, 0.15) is 24.8 Å². The van der Waals surface area contributed by atoms with Crippen LogP contribution in [0.25, 0.3) is 10.9 Å². The number of hydrogen-bond acceptors (Lipinski definition) is 6. The Morgan fingerprint density at radius 3 is 2.50 bits per heavy atom. The standard InChI is InChI=1S/C30H32N2O5.CH4/c1-34-21-6-4-5-19(11-21)17-37-30-15-23-20(12-29(30)36-3)9-10-31-16-28-25(14-27(23)31)24-13-22(35-2)7-8-26(24)32(28)18-33;/h4-8,11-13,15,27,33H,9-10,14,16-18H2,1-3H3;1H4. The first-order chi connectivity index (χ1) is 18.1. The zero-order valence-electron chi connectivity index (χ0n) is 21.5. The molecule has 38 heavy (non-hydrogen) atoms. The molecule has 1 unspecified atom stereocenters. The van der Waals surface area contributed by atoms with E-state index in [0.29, 0.717) is 6.61 Å². The van der Waals surface area contributed by atoms with Crippen molar-refractivity contribution in [2.45, 2.75) is 46.2 Å². The highest BCUT2D eigenvalue weighted by Gasteiger charge is 2.36. The number of nitrogens with zero attached hydrogens (tertiary/aromatic N) is 2. The second-order valence-corrected chi connectivity index (χ2v) is 9.66. The number of methoxy groups -OCH3 is 3. The fourth-order valence-corrected chi connectivity index (χ4v) is 5.92. The molecule has 0 amide bonds. The van der Waals surface area contributed by atoms with Gasteiger partial charge in [0.25, 0.3) is 0 Å². The van der Waals surface area contributed by atoms with Crippen molar-refractivity contribution in [3.63, 3.8) is 0 Å². The topological polar surface area (TPSA) is 65.3 Å². The molecule has 0 spiro atoms. The number of fused-ring (bicyclic) bond motifs is 6. The summed E-state index contributed by atoms with van der Waals surface area (Å²) < 4.78 is 24.9. The molecule has 3 aromatic carbocycles. The molecule has 0 fully saturated rings. The van der Waals surface area contributed by atoms with E-state index in [4.69, 9.17) is 18.9 Å². The maximum absolute atomic E-state index is 10.2. The third kappa shape index (κ3) is 4.36. The van der Waals surface area contributed by atoms with Gasteiger partial charge in [-0.05, 0) is 77.6 Å². The van der Waals surface area contributed by atoms with Crippen LogP contribution in [0.3, 0.4) is 0 Å². The minimum absolute atomic E-state index is 0. The Morgan fingerprint density at radius 2 is 1.74 bits per heavy atom. The van der Waals surface area contributed by atoms with Crippen molar-refractivity contribution in [1.29, 1.82) is 0 Å². The first-order valence-corrected chi connectivity index (χ1v) is 12.6. The van der Waals surface area contributed by atoms with Crippen LogP contribution < -0.4 is 18.9 Å². The van der Waals surface area contributed by atoms with Gasteiger partial charge in [-0.25, -0.2) is 0 Å². The van der Waals surface area contributed by atoms with Crippen LogP contribution in [-0.4, -0.2) is 42.4 Å². The molecule has 3 heterocycles. The van der Waals surface area contributed by atoms with Crippen molar-refractivity contribution in [1.82, 2.24) is 9.47 Å². The van der Waals surface area contributed by atoms with Gasteiger partial charge in [0.15, 0.2) is 11.5 Å². The minimum atomic E-state index is -0.0350. The van der Waals surface area contributed by atoms with Crippen molar-refractivity contribution in [3.05, 3.63) is 82.5 Å². The van der Waals surface area contributed by atoms with E-state index in [0.717, 1.165) is 65.4 Å². The quantitative estimate of drug-likeness (QED) is 0.351. The molecular formula is C31H36N2O5. The Morgan fingerprint density at radius 1 is 0.921 bits per heavy atom. The van der Waals surface area contributed by atoms with E-state index in [1.54, 1.807) is 21.3 Å². The van der Waals surface area contributed by atoms with Crippen LogP contribution in [0.5, 0.6) is 23.0 Å². The van der Waals surface area contributed by atoms with E-state index in [1.165, 1.54) is 22.4 Å². The van der Waals surface area contributed by atoms with Crippen LogP contribution in [0.2, 0.25) is 0 Å². The summed E-state index contributed by atoms with van der Waals surface area (Å²) in [5.41, 5.74) is 7.14. The summed E-state index contributed by atoms with van der Waals surface area (Å²) in [4.78, 5) is 2.52. The molecule has 0 saturated carbocycles. The van der Waals surface area contributed by atoms with Crippen molar-refractivity contribution >= 4 is 10.9 Å². The fraction of sp³-hybridized carbons (Fsp3) is 0.355. The Hall–Kier alpha value is -3.68. The van der Waals surface area contributed by atoms with Crippen LogP contribution in [0.4, 0.5) is 0 Å². The highest BCUT2D eigenvalue weighted by atomic mass is 16.5. The van der Waals surface area contributed by atoms with Gasteiger partial charge in [-0.3, -0.25) is 4.90 Å². The van der Waals surface area contributed by atoms with Gasteiger partial charge in [0.2, 0.25) is 0 Å². The van der Waals surface area contributed by atoms with Gasteiger partial charge in [-0.2, -0.15) is 0 Å². The van der Waals surface area contributed by atoms with Gasteiger partial charge in [0, 0.05) is 30.2 Å². The van der Waals surface area contributed by atoms with Crippen LogP contribution in [0, 0.1) is 0 Å². The maximum atomic E-state index is 10.2. The summed E-state index contributed by atoms with van der Waals surface area (Å²) in [6, 6.07) is 18.6. The molecule has 200 valence electrons. The number of aliphatic hydroxyl groups excluding tert-OH is 1. The average molecular weight is 517 g/mol. The summed E-state index contributed by atoms with van der Waals surface area (Å²) >= 11 is 0. The highest BCUT2D eigenvalue weighted by Crippen LogP contribution is 2.45. The Kier molecular flexibility index (Phi) is 7.23. The molecule has 1 atom stereocenters. The first-order valence-electron chi connectivity index (χ1n) is 12.6. The first kappa shape index (κ1) is 25.9. The van der Waals surface area contributed by atoms with E-state index in [1.807, 2.05) is 41.0 Å². The second-order valence-electron chi connectivity index (χ2n) is 9.66. The van der Waals surface area contributed by atoms with Crippen molar-refractivity contribution in [2.24, 2.45) is 0 Å². The largest absolute Gasteiger partial charge is 0.497 e. The highest BCUT2D eigenvalue weighted by molar-refractivity contribution is 5.87. The number of aromatic nitrogens is 1. The van der Waals surface area contributed by atoms with Gasteiger partial charge in [-0.15, -0.1) is 0 Å². The van der Waals surface area contributed by atoms with Gasteiger partial charge >= 0.3 is 0 Å². The zero-order chi connectivity index (χ0) is 25.5. The molecule has 7 heteroatoms. The van der Waals surface area contributed by atoms with Crippen molar-refractivity contribution in [3.8, 4) is 23.0 Å².